The Labute approximate surface area is 170 Å². The van der Waals surface area contributed by atoms with E-state index >= 15 is 0 Å². The molecule has 0 bridgehead atoms. The van der Waals surface area contributed by atoms with Crippen molar-refractivity contribution in [2.24, 2.45) is 5.73 Å². The highest BCUT2D eigenvalue weighted by Crippen LogP contribution is 2.49. The summed E-state index contributed by atoms with van der Waals surface area (Å²) in [5.74, 6) is -1.09. The molecule has 0 fully saturated rings. The van der Waals surface area contributed by atoms with Gasteiger partial charge in [0.15, 0.2) is 9.84 Å². The molecule has 2 aromatic carbocycles. The van der Waals surface area contributed by atoms with Gasteiger partial charge in [-0.2, -0.15) is 5.26 Å². The van der Waals surface area contributed by atoms with Crippen LogP contribution in [0.2, 0.25) is 0 Å². The minimum Gasteiger partial charge on any atom is -0.384 e. The zero-order valence-corrected chi connectivity index (χ0v) is 17.0. The van der Waals surface area contributed by atoms with Crippen LogP contribution in [-0.4, -0.2) is 14.2 Å². The summed E-state index contributed by atoms with van der Waals surface area (Å²) in [5.41, 5.74) is 8.24. The van der Waals surface area contributed by atoms with Crippen molar-refractivity contribution in [2.45, 2.75) is 12.3 Å². The molecule has 28 heavy (non-hydrogen) atoms. The summed E-state index contributed by atoms with van der Waals surface area (Å²) in [7, 11) is -3.57. The van der Waals surface area contributed by atoms with Crippen LogP contribution in [0.4, 0.5) is 10.1 Å². The van der Waals surface area contributed by atoms with Crippen molar-refractivity contribution in [3.05, 3.63) is 86.4 Å². The number of hydrogen-bond acceptors (Lipinski definition) is 5. The molecule has 2 aliphatic rings. The van der Waals surface area contributed by atoms with Gasteiger partial charge in [-0.15, -0.1) is 0 Å². The van der Waals surface area contributed by atoms with Crippen molar-refractivity contribution in [3.8, 4) is 6.07 Å². The molecule has 0 saturated carbocycles. The Kier molecular flexibility index (Phi) is 4.52. The van der Waals surface area contributed by atoms with Crippen molar-refractivity contribution in [2.75, 3.05) is 10.7 Å². The summed E-state index contributed by atoms with van der Waals surface area (Å²) in [6.07, 6.45) is 0.273. The van der Waals surface area contributed by atoms with Gasteiger partial charge >= 0.3 is 0 Å². The highest BCUT2D eigenvalue weighted by molar-refractivity contribution is 9.10. The predicted molar refractivity (Wildman–Crippen MR) is 108 cm³/mol. The van der Waals surface area contributed by atoms with E-state index in [0.29, 0.717) is 21.4 Å². The van der Waals surface area contributed by atoms with E-state index in [0.717, 1.165) is 0 Å². The first-order chi connectivity index (χ1) is 13.3. The van der Waals surface area contributed by atoms with Crippen LogP contribution in [-0.2, 0) is 9.84 Å². The summed E-state index contributed by atoms with van der Waals surface area (Å²) in [6.45, 7) is 0. The monoisotopic (exact) mass is 459 g/mol. The van der Waals surface area contributed by atoms with Gasteiger partial charge in [0.05, 0.1) is 28.2 Å². The van der Waals surface area contributed by atoms with Crippen LogP contribution in [0, 0.1) is 17.1 Å². The van der Waals surface area contributed by atoms with Gasteiger partial charge in [0.1, 0.15) is 11.6 Å². The lowest BCUT2D eigenvalue weighted by atomic mass is 9.87. The van der Waals surface area contributed by atoms with Crippen LogP contribution in [0.25, 0.3) is 0 Å². The van der Waals surface area contributed by atoms with Gasteiger partial charge in [0.25, 0.3) is 0 Å². The maximum absolute atomic E-state index is 13.4. The largest absolute Gasteiger partial charge is 0.384 e. The van der Waals surface area contributed by atoms with Crippen molar-refractivity contribution >= 4 is 31.5 Å². The van der Waals surface area contributed by atoms with Crippen molar-refractivity contribution in [3.63, 3.8) is 0 Å². The Morgan fingerprint density at radius 1 is 1.18 bits per heavy atom. The lowest BCUT2D eigenvalue weighted by Gasteiger charge is -2.35. The second kappa shape index (κ2) is 6.76. The summed E-state index contributed by atoms with van der Waals surface area (Å²) in [5, 5.41) is 9.88. The van der Waals surface area contributed by atoms with Crippen LogP contribution in [0.15, 0.2) is 75.0 Å². The van der Waals surface area contributed by atoms with Gasteiger partial charge in [0.2, 0.25) is 0 Å². The van der Waals surface area contributed by atoms with E-state index in [1.165, 1.54) is 24.3 Å². The first kappa shape index (κ1) is 18.7. The van der Waals surface area contributed by atoms with Crippen LogP contribution in [0.3, 0.4) is 0 Å². The number of sulfone groups is 1. The van der Waals surface area contributed by atoms with E-state index in [1.54, 1.807) is 23.1 Å². The molecule has 0 radical (unpaired) electrons. The van der Waals surface area contributed by atoms with Gasteiger partial charge in [-0.3, -0.25) is 4.90 Å². The smallest absolute Gasteiger partial charge is 0.177 e. The molecule has 4 rings (SSSR count). The van der Waals surface area contributed by atoms with E-state index in [-0.39, 0.29) is 28.5 Å². The Balaban J connectivity index is 2.01. The Morgan fingerprint density at radius 3 is 2.50 bits per heavy atom. The third-order valence-corrected chi connectivity index (χ3v) is 7.59. The molecule has 0 saturated heterocycles. The molecule has 2 aliphatic heterocycles. The van der Waals surface area contributed by atoms with E-state index in [1.807, 2.05) is 6.07 Å². The van der Waals surface area contributed by atoms with Crippen LogP contribution in [0.5, 0.6) is 0 Å². The van der Waals surface area contributed by atoms with Crippen molar-refractivity contribution < 1.29 is 12.8 Å². The summed E-state index contributed by atoms with van der Waals surface area (Å²) < 4.78 is 40.0. The van der Waals surface area contributed by atoms with E-state index < -0.39 is 21.6 Å². The number of halogens is 2. The first-order valence-corrected chi connectivity index (χ1v) is 11.0. The highest BCUT2D eigenvalue weighted by Gasteiger charge is 2.45. The average Bonchev–Trinajstić information content (AvgIpc) is 2.97. The van der Waals surface area contributed by atoms with Crippen molar-refractivity contribution in [1.29, 1.82) is 5.26 Å². The standard InChI is InChI=1S/C20H15BrFN3O2S/c21-16-4-2-1-3-14(16)18-15(11-23)20(24)25(13-7-5-12(22)6-8-13)17-9-10-28(26,27)19(17)18/h1-8,18H,9-10,24H2/t18-/m0/s1. The molecule has 2 N–H and O–H groups in total. The maximum atomic E-state index is 13.4. The summed E-state index contributed by atoms with van der Waals surface area (Å²) >= 11 is 3.47. The van der Waals surface area contributed by atoms with Crippen molar-refractivity contribution in [1.82, 2.24) is 0 Å². The quantitative estimate of drug-likeness (QED) is 0.735. The number of anilines is 1. The normalized spacial score (nSPS) is 20.9. The topological polar surface area (TPSA) is 87.2 Å². The van der Waals surface area contributed by atoms with Crippen LogP contribution < -0.4 is 10.6 Å². The van der Waals surface area contributed by atoms with Gasteiger partial charge in [-0.1, -0.05) is 34.1 Å². The third-order valence-electron chi connectivity index (χ3n) is 4.99. The van der Waals surface area contributed by atoms with Crippen LogP contribution >= 0.6 is 15.9 Å². The number of hydrogen-bond donors (Lipinski definition) is 1. The maximum Gasteiger partial charge on any atom is 0.177 e. The Bertz CT molecular complexity index is 1180. The number of allylic oxidation sites excluding steroid dienone is 3. The van der Waals surface area contributed by atoms with Gasteiger partial charge in [-0.05, 0) is 35.9 Å². The second-order valence-corrected chi connectivity index (χ2v) is 9.49. The van der Waals surface area contributed by atoms with Gasteiger partial charge in [0, 0.05) is 22.3 Å². The summed E-state index contributed by atoms with van der Waals surface area (Å²) in [4.78, 5) is 1.75. The number of nitrogens with zero attached hydrogens (tertiary/aromatic N) is 2. The fourth-order valence-electron chi connectivity index (χ4n) is 3.77. The zero-order chi connectivity index (χ0) is 20.1. The fraction of sp³-hybridized carbons (Fsp3) is 0.150. The number of nitrogens with two attached hydrogens (primary N) is 1. The first-order valence-electron chi connectivity index (χ1n) is 8.51. The third kappa shape index (κ3) is 2.82. The second-order valence-electron chi connectivity index (χ2n) is 6.56. The van der Waals surface area contributed by atoms with Gasteiger partial charge < -0.3 is 5.73 Å². The lowest BCUT2D eigenvalue weighted by molar-refractivity contribution is 0.602. The molecular formula is C20H15BrFN3O2S. The van der Waals surface area contributed by atoms with Crippen LogP contribution in [0.1, 0.15) is 17.9 Å². The molecule has 8 heteroatoms. The molecule has 0 unspecified atom stereocenters. The Hall–Kier alpha value is -2.63. The number of nitriles is 1. The minimum absolute atomic E-state index is 0.0533. The number of rotatable bonds is 2. The molecule has 0 aliphatic carbocycles. The number of benzene rings is 2. The average molecular weight is 460 g/mol. The molecule has 0 aromatic heterocycles. The lowest BCUT2D eigenvalue weighted by Crippen LogP contribution is -2.34. The molecule has 0 amide bonds. The minimum atomic E-state index is -3.57. The zero-order valence-electron chi connectivity index (χ0n) is 14.6. The highest BCUT2D eigenvalue weighted by atomic mass is 79.9. The van der Waals surface area contributed by atoms with E-state index in [4.69, 9.17) is 5.73 Å². The molecule has 2 heterocycles. The fourth-order valence-corrected chi connectivity index (χ4v) is 6.12. The molecular weight excluding hydrogens is 445 g/mol. The molecule has 5 nitrogen and oxygen atoms in total. The van der Waals surface area contributed by atoms with Gasteiger partial charge in [-0.25, -0.2) is 12.8 Å². The van der Waals surface area contributed by atoms with E-state index in [9.17, 15) is 18.1 Å². The molecule has 142 valence electrons. The predicted octanol–water partition coefficient (Wildman–Crippen LogP) is 3.92. The Morgan fingerprint density at radius 2 is 1.86 bits per heavy atom. The molecule has 0 spiro atoms. The summed E-state index contributed by atoms with van der Waals surface area (Å²) in [6, 6.07) is 14.9. The molecule has 2 aromatic rings. The van der Waals surface area contributed by atoms with E-state index in [2.05, 4.69) is 22.0 Å². The molecule has 1 atom stereocenters. The SMILES string of the molecule is N#CC1=C(N)N(c2ccc(F)cc2)C2=C([C@H]1c1ccccc1Br)S(=O)(=O)CC2.